The summed E-state index contributed by atoms with van der Waals surface area (Å²) >= 11 is 0. The average Bonchev–Trinajstić information content (AvgIpc) is 2.17. The summed E-state index contributed by atoms with van der Waals surface area (Å²) in [6, 6.07) is 2.11. The summed E-state index contributed by atoms with van der Waals surface area (Å²) in [6.07, 6.45) is 2.25. The number of H-pyrrole nitrogens is 1. The van der Waals surface area contributed by atoms with Crippen LogP contribution in [0.3, 0.4) is 0 Å². The van der Waals surface area contributed by atoms with E-state index >= 15 is 0 Å². The third-order valence-corrected chi connectivity index (χ3v) is 0.972. The number of nitrogens with one attached hydrogen (secondary N) is 1. The fourth-order valence-corrected chi connectivity index (χ4v) is 0.653. The van der Waals surface area contributed by atoms with Gasteiger partial charge in [0, 0.05) is 11.9 Å². The van der Waals surface area contributed by atoms with Crippen molar-refractivity contribution >= 4 is 6.15 Å². The molecular formula is C7H9NO2. The van der Waals surface area contributed by atoms with E-state index in [1.54, 1.807) is 0 Å². The number of hydrogen-bond donors (Lipinski definition) is 1. The Labute approximate surface area is 59.1 Å². The van der Waals surface area contributed by atoms with E-state index in [4.69, 9.17) is 9.59 Å². The lowest BCUT2D eigenvalue weighted by atomic mass is 10.4. The van der Waals surface area contributed by atoms with Gasteiger partial charge in [-0.3, -0.25) is 0 Å². The molecule has 0 amide bonds. The molecule has 3 heteroatoms. The Morgan fingerprint density at radius 3 is 2.00 bits per heavy atom. The molecular weight excluding hydrogens is 130 g/mol. The van der Waals surface area contributed by atoms with E-state index in [-0.39, 0.29) is 6.15 Å². The molecule has 0 aliphatic carbocycles. The summed E-state index contributed by atoms with van der Waals surface area (Å²) in [6.45, 7) is 4.12. The van der Waals surface area contributed by atoms with Gasteiger partial charge in [-0.2, -0.15) is 9.59 Å². The average molecular weight is 139 g/mol. The molecule has 0 unspecified atom stereocenters. The molecule has 0 aliphatic heterocycles. The summed E-state index contributed by atoms with van der Waals surface area (Å²) in [7, 11) is 0. The zero-order valence-corrected chi connectivity index (χ0v) is 5.97. The predicted molar refractivity (Wildman–Crippen MR) is 35.3 cm³/mol. The molecule has 0 aliphatic rings. The van der Waals surface area contributed by atoms with E-state index in [0.717, 1.165) is 0 Å². The van der Waals surface area contributed by atoms with E-state index in [0.29, 0.717) is 0 Å². The molecule has 0 spiro atoms. The molecule has 1 rings (SSSR count). The quantitative estimate of drug-likeness (QED) is 0.584. The Bertz CT molecular complexity index is 205. The second kappa shape index (κ2) is 4.53. The van der Waals surface area contributed by atoms with Crippen LogP contribution in [0.2, 0.25) is 0 Å². The molecule has 1 N–H and O–H groups in total. The number of aryl methyl sites for hydroxylation is 2. The minimum absolute atomic E-state index is 0.250. The Balaban J connectivity index is 0.000000236. The lowest BCUT2D eigenvalue weighted by Gasteiger charge is -1.71. The Hall–Kier alpha value is -1.34. The van der Waals surface area contributed by atoms with Crippen molar-refractivity contribution < 1.29 is 9.59 Å². The van der Waals surface area contributed by atoms with Gasteiger partial charge in [-0.25, -0.2) is 0 Å². The van der Waals surface area contributed by atoms with Gasteiger partial charge >= 0.3 is 6.15 Å². The number of carbonyl (C=O) groups excluding carboxylic acids is 2. The minimum atomic E-state index is 0.250. The highest BCUT2D eigenvalue weighted by atomic mass is 16.2. The van der Waals surface area contributed by atoms with Crippen LogP contribution in [0, 0.1) is 13.8 Å². The van der Waals surface area contributed by atoms with Gasteiger partial charge in [-0.15, -0.1) is 0 Å². The van der Waals surface area contributed by atoms with E-state index in [1.165, 1.54) is 11.3 Å². The van der Waals surface area contributed by atoms with E-state index in [9.17, 15) is 0 Å². The number of aromatic amines is 1. The van der Waals surface area contributed by atoms with Crippen molar-refractivity contribution in [3.05, 3.63) is 23.5 Å². The Morgan fingerprint density at radius 1 is 1.40 bits per heavy atom. The SMILES string of the molecule is Cc1c[nH]c(C)c1.O=C=O. The predicted octanol–water partition coefficient (Wildman–Crippen LogP) is 1.05. The first-order valence-corrected chi connectivity index (χ1v) is 2.81. The van der Waals surface area contributed by atoms with Crippen LogP contribution < -0.4 is 0 Å². The van der Waals surface area contributed by atoms with Crippen LogP contribution in [0.5, 0.6) is 0 Å². The van der Waals surface area contributed by atoms with Gasteiger partial charge in [0.2, 0.25) is 0 Å². The first-order chi connectivity index (χ1) is 4.70. The van der Waals surface area contributed by atoms with Crippen LogP contribution in [-0.4, -0.2) is 11.1 Å². The van der Waals surface area contributed by atoms with Crippen molar-refractivity contribution in [1.29, 1.82) is 0 Å². The van der Waals surface area contributed by atoms with Crippen molar-refractivity contribution in [2.45, 2.75) is 13.8 Å². The number of aromatic nitrogens is 1. The standard InChI is InChI=1S/C6H9N.CO2/c1-5-3-6(2)7-4-5;2-1-3/h3-4,7H,1-2H3;. The summed E-state index contributed by atoms with van der Waals surface area (Å²) in [5.74, 6) is 0. The normalized spacial score (nSPS) is 7.40. The zero-order chi connectivity index (χ0) is 7.98. The molecule has 0 atom stereocenters. The molecule has 0 saturated heterocycles. The number of hydrogen-bond acceptors (Lipinski definition) is 2. The van der Waals surface area contributed by atoms with Crippen LogP contribution >= 0.6 is 0 Å². The molecule has 10 heavy (non-hydrogen) atoms. The van der Waals surface area contributed by atoms with Crippen molar-refractivity contribution in [1.82, 2.24) is 4.98 Å². The van der Waals surface area contributed by atoms with Crippen LogP contribution in [0.25, 0.3) is 0 Å². The fourth-order valence-electron chi connectivity index (χ4n) is 0.653. The van der Waals surface area contributed by atoms with Crippen LogP contribution in [0.1, 0.15) is 11.3 Å². The molecule has 54 valence electrons. The first-order valence-electron chi connectivity index (χ1n) is 2.81. The smallest absolute Gasteiger partial charge is 0.365 e. The zero-order valence-electron chi connectivity index (χ0n) is 5.97. The summed E-state index contributed by atoms with van der Waals surface area (Å²) in [4.78, 5) is 19.3. The number of rotatable bonds is 0. The summed E-state index contributed by atoms with van der Waals surface area (Å²) in [5, 5.41) is 0. The summed E-state index contributed by atoms with van der Waals surface area (Å²) in [5.41, 5.74) is 2.54. The molecule has 3 nitrogen and oxygen atoms in total. The monoisotopic (exact) mass is 139 g/mol. The second-order valence-corrected chi connectivity index (χ2v) is 1.94. The maximum Gasteiger partial charge on any atom is 0.373 e. The van der Waals surface area contributed by atoms with Crippen LogP contribution in [-0.2, 0) is 9.59 Å². The summed E-state index contributed by atoms with van der Waals surface area (Å²) < 4.78 is 0. The van der Waals surface area contributed by atoms with Crippen molar-refractivity contribution in [3.8, 4) is 0 Å². The van der Waals surface area contributed by atoms with Gasteiger partial charge < -0.3 is 4.98 Å². The van der Waals surface area contributed by atoms with E-state index in [1.807, 2.05) is 13.1 Å². The molecule has 1 heterocycles. The Morgan fingerprint density at radius 2 is 1.90 bits per heavy atom. The largest absolute Gasteiger partial charge is 0.373 e. The lowest BCUT2D eigenvalue weighted by molar-refractivity contribution is -0.191. The molecule has 0 saturated carbocycles. The van der Waals surface area contributed by atoms with Crippen molar-refractivity contribution in [2.24, 2.45) is 0 Å². The molecule has 0 bridgehead atoms. The van der Waals surface area contributed by atoms with Gasteiger partial charge in [0.05, 0.1) is 0 Å². The van der Waals surface area contributed by atoms with Gasteiger partial charge in [0.1, 0.15) is 0 Å². The third kappa shape index (κ3) is 3.64. The van der Waals surface area contributed by atoms with Crippen molar-refractivity contribution in [2.75, 3.05) is 0 Å². The highest BCUT2D eigenvalue weighted by Gasteiger charge is 1.82. The topological polar surface area (TPSA) is 49.9 Å². The van der Waals surface area contributed by atoms with Gasteiger partial charge in [-0.1, -0.05) is 0 Å². The highest BCUT2D eigenvalue weighted by Crippen LogP contribution is 1.97. The van der Waals surface area contributed by atoms with Crippen LogP contribution in [0.15, 0.2) is 12.3 Å². The van der Waals surface area contributed by atoms with Gasteiger partial charge in [0.25, 0.3) is 0 Å². The molecule has 0 aromatic carbocycles. The molecule has 0 radical (unpaired) electrons. The van der Waals surface area contributed by atoms with Crippen molar-refractivity contribution in [3.63, 3.8) is 0 Å². The fraction of sp³-hybridized carbons (Fsp3) is 0.286. The second-order valence-electron chi connectivity index (χ2n) is 1.94. The third-order valence-electron chi connectivity index (χ3n) is 0.972. The van der Waals surface area contributed by atoms with E-state index in [2.05, 4.69) is 18.0 Å². The first kappa shape index (κ1) is 8.66. The van der Waals surface area contributed by atoms with E-state index < -0.39 is 0 Å². The molecule has 1 aromatic rings. The maximum atomic E-state index is 8.12. The molecule has 1 aromatic heterocycles. The van der Waals surface area contributed by atoms with Gasteiger partial charge in [-0.05, 0) is 25.5 Å². The molecule has 0 fully saturated rings. The Kier molecular flexibility index (Phi) is 3.92. The maximum absolute atomic E-state index is 8.12. The lowest BCUT2D eigenvalue weighted by Crippen LogP contribution is -1.59. The highest BCUT2D eigenvalue weighted by molar-refractivity contribution is 5.20. The van der Waals surface area contributed by atoms with Crippen LogP contribution in [0.4, 0.5) is 0 Å². The van der Waals surface area contributed by atoms with Gasteiger partial charge in [0.15, 0.2) is 0 Å². The minimum Gasteiger partial charge on any atom is -0.365 e.